The van der Waals surface area contributed by atoms with Crippen LogP contribution in [0, 0.1) is 17.3 Å². The van der Waals surface area contributed by atoms with Crippen LogP contribution in [0.25, 0.3) is 11.1 Å². The molecule has 0 aliphatic heterocycles. The molecule has 0 saturated heterocycles. The van der Waals surface area contributed by atoms with Crippen molar-refractivity contribution in [3.05, 3.63) is 72.3 Å². The van der Waals surface area contributed by atoms with Gasteiger partial charge in [0, 0.05) is 24.0 Å². The first-order chi connectivity index (χ1) is 28.7. The van der Waals surface area contributed by atoms with Crippen LogP contribution < -0.4 is 9.47 Å². The molecule has 3 rings (SSSR count). The van der Waals surface area contributed by atoms with Crippen molar-refractivity contribution in [2.24, 2.45) is 17.3 Å². The SMILES string of the molecule is C=C(C)C(=O)OCCCc1cc(-c2ccc(OCC3CCC(CCCCC)CC3)cc2)ccc1OCC(COC(=O)C(=C)C)(COC(=O)C(=O)CC)COC(=O)C(=O)CC. The molecule has 12 heteroatoms. The predicted octanol–water partition coefficient (Wildman–Crippen LogP) is 8.70. The first kappa shape index (κ1) is 49.1. The molecule has 1 saturated carbocycles. The zero-order chi connectivity index (χ0) is 44.1. The Morgan fingerprint density at radius 2 is 1.15 bits per heavy atom. The van der Waals surface area contributed by atoms with Crippen LogP contribution in [0.5, 0.6) is 11.5 Å². The van der Waals surface area contributed by atoms with E-state index in [1.54, 1.807) is 13.0 Å². The fraction of sp³-hybridized carbons (Fsp3) is 0.542. The van der Waals surface area contributed by atoms with E-state index in [1.165, 1.54) is 72.1 Å². The molecule has 0 spiro atoms. The van der Waals surface area contributed by atoms with Gasteiger partial charge >= 0.3 is 23.9 Å². The molecule has 0 unspecified atom stereocenters. The van der Waals surface area contributed by atoms with Crippen LogP contribution >= 0.6 is 0 Å². The lowest BCUT2D eigenvalue weighted by molar-refractivity contribution is -0.168. The van der Waals surface area contributed by atoms with E-state index >= 15 is 0 Å². The molecular formula is C48H64O12. The van der Waals surface area contributed by atoms with Gasteiger partial charge in [-0.25, -0.2) is 19.2 Å². The summed E-state index contributed by atoms with van der Waals surface area (Å²) in [5.41, 5.74) is 1.34. The maximum absolute atomic E-state index is 12.6. The fourth-order valence-corrected chi connectivity index (χ4v) is 6.68. The summed E-state index contributed by atoms with van der Waals surface area (Å²) in [6.45, 7) is 14.4. The van der Waals surface area contributed by atoms with Crippen molar-refractivity contribution in [1.82, 2.24) is 0 Å². The second kappa shape index (κ2) is 25.4. The van der Waals surface area contributed by atoms with Gasteiger partial charge in [-0.1, -0.05) is 90.7 Å². The van der Waals surface area contributed by atoms with Crippen LogP contribution in [0.1, 0.15) is 111 Å². The molecule has 0 bridgehead atoms. The van der Waals surface area contributed by atoms with Gasteiger partial charge in [0.25, 0.3) is 0 Å². The molecular weight excluding hydrogens is 769 g/mol. The minimum absolute atomic E-state index is 0.0846. The molecule has 2 aromatic carbocycles. The molecule has 0 amide bonds. The summed E-state index contributed by atoms with van der Waals surface area (Å²) < 4.78 is 34.1. The molecule has 0 atom stereocenters. The Bertz CT molecular complexity index is 1750. The maximum Gasteiger partial charge on any atom is 0.374 e. The highest BCUT2D eigenvalue weighted by Crippen LogP contribution is 2.34. The van der Waals surface area contributed by atoms with Crippen LogP contribution in [-0.2, 0) is 54.1 Å². The van der Waals surface area contributed by atoms with Gasteiger partial charge < -0.3 is 28.4 Å². The number of hydrogen-bond donors (Lipinski definition) is 0. The van der Waals surface area contributed by atoms with E-state index in [4.69, 9.17) is 28.4 Å². The number of carbonyl (C=O) groups excluding carboxylic acids is 6. The largest absolute Gasteiger partial charge is 0.493 e. The minimum atomic E-state index is -1.56. The van der Waals surface area contributed by atoms with Crippen molar-refractivity contribution in [3.63, 3.8) is 0 Å². The third kappa shape index (κ3) is 16.4. The van der Waals surface area contributed by atoms with Crippen molar-refractivity contribution in [2.75, 3.05) is 39.6 Å². The predicted molar refractivity (Wildman–Crippen MR) is 227 cm³/mol. The van der Waals surface area contributed by atoms with Gasteiger partial charge in [-0.3, -0.25) is 9.59 Å². The highest BCUT2D eigenvalue weighted by atomic mass is 16.6. The number of rotatable bonds is 27. The topological polar surface area (TPSA) is 158 Å². The standard InChI is InChI=1S/C48H64O12/c1-8-11-12-14-35-16-18-36(19-17-35)28-56-40-23-20-37(21-24-40)38-22-25-43(39(27-38)15-13-26-55-44(51)33(4)5)57-29-48(30-58-45(52)34(6)7,31-59-46(53)41(49)9-2)32-60-47(54)42(50)10-3/h20-25,27,35-36H,4,6,8-19,26,28-32H2,1-3,5,7H3. The third-order valence-corrected chi connectivity index (χ3v) is 10.6. The van der Waals surface area contributed by atoms with Gasteiger partial charge in [-0.2, -0.15) is 0 Å². The van der Waals surface area contributed by atoms with E-state index in [0.717, 1.165) is 28.4 Å². The molecule has 0 heterocycles. The Morgan fingerprint density at radius 3 is 1.70 bits per heavy atom. The lowest BCUT2D eigenvalue weighted by atomic mass is 9.80. The van der Waals surface area contributed by atoms with Crippen LogP contribution in [-0.4, -0.2) is 75.1 Å². The van der Waals surface area contributed by atoms with Crippen molar-refractivity contribution in [2.45, 2.75) is 112 Å². The molecule has 328 valence electrons. The van der Waals surface area contributed by atoms with Gasteiger partial charge in [0.15, 0.2) is 0 Å². The summed E-state index contributed by atoms with van der Waals surface area (Å²) in [5.74, 6) is -2.50. The van der Waals surface area contributed by atoms with E-state index in [9.17, 15) is 28.8 Å². The lowest BCUT2D eigenvalue weighted by Gasteiger charge is -2.32. The van der Waals surface area contributed by atoms with E-state index in [-0.39, 0.29) is 37.2 Å². The Balaban J connectivity index is 1.86. The van der Waals surface area contributed by atoms with Crippen molar-refractivity contribution < 1.29 is 57.2 Å². The van der Waals surface area contributed by atoms with Crippen molar-refractivity contribution in [3.8, 4) is 22.6 Å². The summed E-state index contributed by atoms with van der Waals surface area (Å²) in [6, 6.07) is 13.5. The number of aryl methyl sites for hydroxylation is 1. The fourth-order valence-electron chi connectivity index (χ4n) is 6.68. The molecule has 0 radical (unpaired) electrons. The second-order valence-corrected chi connectivity index (χ2v) is 15.9. The van der Waals surface area contributed by atoms with Gasteiger partial charge in [-0.15, -0.1) is 0 Å². The third-order valence-electron chi connectivity index (χ3n) is 10.6. The summed E-state index contributed by atoms with van der Waals surface area (Å²) in [6.07, 6.45) is 10.8. The molecule has 12 nitrogen and oxygen atoms in total. The normalized spacial score (nSPS) is 14.9. The lowest BCUT2D eigenvalue weighted by Crippen LogP contribution is -2.45. The van der Waals surface area contributed by atoms with Crippen LogP contribution in [0.4, 0.5) is 0 Å². The van der Waals surface area contributed by atoms with E-state index in [0.29, 0.717) is 31.1 Å². The highest BCUT2D eigenvalue weighted by molar-refractivity contribution is 6.33. The molecule has 1 fully saturated rings. The molecule has 1 aliphatic rings. The second-order valence-electron chi connectivity index (χ2n) is 15.9. The Hall–Kier alpha value is -5.26. The number of ether oxygens (including phenoxy) is 6. The number of hydrogen-bond acceptors (Lipinski definition) is 12. The maximum atomic E-state index is 12.6. The van der Waals surface area contributed by atoms with E-state index in [2.05, 4.69) is 20.1 Å². The number of esters is 4. The molecule has 1 aliphatic carbocycles. The van der Waals surface area contributed by atoms with E-state index < -0.39 is 60.7 Å². The first-order valence-corrected chi connectivity index (χ1v) is 21.2. The van der Waals surface area contributed by atoms with Crippen molar-refractivity contribution >= 4 is 35.4 Å². The number of ketones is 2. The monoisotopic (exact) mass is 832 g/mol. The minimum Gasteiger partial charge on any atom is -0.493 e. The first-order valence-electron chi connectivity index (χ1n) is 21.2. The number of Topliss-reactive ketones (excluding diaryl/α,β-unsaturated/α-hetero) is 2. The Kier molecular flexibility index (Phi) is 20.8. The Labute approximate surface area is 355 Å². The molecule has 2 aromatic rings. The average molecular weight is 833 g/mol. The summed E-state index contributed by atoms with van der Waals surface area (Å²) >= 11 is 0. The van der Waals surface area contributed by atoms with Gasteiger partial charge in [0.05, 0.1) is 13.2 Å². The van der Waals surface area contributed by atoms with Crippen molar-refractivity contribution in [1.29, 1.82) is 0 Å². The highest BCUT2D eigenvalue weighted by Gasteiger charge is 2.39. The molecule has 0 aromatic heterocycles. The summed E-state index contributed by atoms with van der Waals surface area (Å²) in [4.78, 5) is 74.0. The summed E-state index contributed by atoms with van der Waals surface area (Å²) in [7, 11) is 0. The van der Waals surface area contributed by atoms with Crippen LogP contribution in [0.15, 0.2) is 66.8 Å². The molecule has 0 N–H and O–H groups in total. The zero-order valence-corrected chi connectivity index (χ0v) is 36.2. The Morgan fingerprint density at radius 1 is 0.617 bits per heavy atom. The average Bonchev–Trinajstić information content (AvgIpc) is 3.26. The number of benzene rings is 2. The smallest absolute Gasteiger partial charge is 0.374 e. The van der Waals surface area contributed by atoms with E-state index in [1.807, 2.05) is 36.4 Å². The quantitative estimate of drug-likeness (QED) is 0.0278. The number of carbonyl (C=O) groups is 6. The number of unbranched alkanes of at least 4 members (excludes halogenated alkanes) is 2. The van der Waals surface area contributed by atoms with Crippen LogP contribution in [0.2, 0.25) is 0 Å². The van der Waals surface area contributed by atoms with Crippen LogP contribution in [0.3, 0.4) is 0 Å². The van der Waals surface area contributed by atoms with Gasteiger partial charge in [0.2, 0.25) is 11.6 Å². The summed E-state index contributed by atoms with van der Waals surface area (Å²) in [5, 5.41) is 0. The van der Waals surface area contributed by atoms with Gasteiger partial charge in [0.1, 0.15) is 43.3 Å². The molecule has 60 heavy (non-hydrogen) atoms. The zero-order valence-electron chi connectivity index (χ0n) is 36.2. The van der Waals surface area contributed by atoms with Gasteiger partial charge in [-0.05, 0) is 92.3 Å².